The van der Waals surface area contributed by atoms with Gasteiger partial charge in [0.25, 0.3) is 0 Å². The van der Waals surface area contributed by atoms with Gasteiger partial charge in [-0.05, 0) is 60.7 Å². The molecule has 20 heavy (non-hydrogen) atoms. The van der Waals surface area contributed by atoms with Gasteiger partial charge in [-0.25, -0.2) is 0 Å². The molecule has 3 heteroatoms. The fraction of sp³-hybridized carbons (Fsp3) is 0.235. The minimum Gasteiger partial charge on any atom is -0.490 e. The average molecular weight is 284 g/mol. The monoisotopic (exact) mass is 284 g/mol. The summed E-state index contributed by atoms with van der Waals surface area (Å²) in [5.41, 5.74) is 3.85. The molecule has 0 unspecified atom stereocenters. The van der Waals surface area contributed by atoms with Gasteiger partial charge < -0.3 is 4.74 Å². The summed E-state index contributed by atoms with van der Waals surface area (Å²) in [6, 6.07) is 8.25. The molecule has 1 heterocycles. The Kier molecular flexibility index (Phi) is 3.45. The predicted octanol–water partition coefficient (Wildman–Crippen LogP) is 4.28. The second-order valence-electron chi connectivity index (χ2n) is 4.94. The number of ketones is 1. The zero-order valence-electron chi connectivity index (χ0n) is 11.4. The predicted molar refractivity (Wildman–Crippen MR) is 82.9 cm³/mol. The molecule has 0 aliphatic heterocycles. The van der Waals surface area contributed by atoms with E-state index in [-0.39, 0.29) is 5.78 Å². The van der Waals surface area contributed by atoms with Crippen molar-refractivity contribution in [1.82, 2.24) is 0 Å². The van der Waals surface area contributed by atoms with Crippen LogP contribution in [0, 0.1) is 0 Å². The SMILES string of the molecule is C=CCOc1ccc2c(c1)CCc1cc(C(C)=O)sc1-2. The molecule has 0 saturated heterocycles. The standard InChI is InChI=1S/C17H16O2S/c1-3-8-19-14-6-7-15-12(9-14)4-5-13-10-16(11(2)18)20-17(13)15/h3,6-7,9-10H,1,4-5,8H2,2H3. The van der Waals surface area contributed by atoms with Gasteiger partial charge in [0.15, 0.2) is 5.78 Å². The minimum atomic E-state index is 0.150. The summed E-state index contributed by atoms with van der Waals surface area (Å²) >= 11 is 1.60. The first-order chi connectivity index (χ1) is 9.69. The van der Waals surface area contributed by atoms with E-state index < -0.39 is 0 Å². The summed E-state index contributed by atoms with van der Waals surface area (Å²) in [6.07, 6.45) is 3.74. The van der Waals surface area contributed by atoms with Crippen molar-refractivity contribution >= 4 is 17.1 Å². The van der Waals surface area contributed by atoms with Gasteiger partial charge in [-0.3, -0.25) is 4.79 Å². The molecule has 0 bridgehead atoms. The largest absolute Gasteiger partial charge is 0.490 e. The van der Waals surface area contributed by atoms with Crippen LogP contribution in [0.2, 0.25) is 0 Å². The van der Waals surface area contributed by atoms with Crippen LogP contribution in [0.3, 0.4) is 0 Å². The zero-order chi connectivity index (χ0) is 14.1. The first kappa shape index (κ1) is 13.1. The summed E-state index contributed by atoms with van der Waals surface area (Å²) in [5, 5.41) is 0. The average Bonchev–Trinajstić information content (AvgIpc) is 2.89. The van der Waals surface area contributed by atoms with Gasteiger partial charge in [-0.2, -0.15) is 0 Å². The number of rotatable bonds is 4. The third-order valence-corrected chi connectivity index (χ3v) is 4.82. The molecular formula is C17H16O2S. The van der Waals surface area contributed by atoms with Gasteiger partial charge in [-0.15, -0.1) is 11.3 Å². The number of ether oxygens (including phenoxy) is 1. The molecule has 0 spiro atoms. The third kappa shape index (κ3) is 2.29. The van der Waals surface area contributed by atoms with Gasteiger partial charge in [0.2, 0.25) is 0 Å². The fourth-order valence-electron chi connectivity index (χ4n) is 2.53. The Morgan fingerprint density at radius 3 is 2.90 bits per heavy atom. The van der Waals surface area contributed by atoms with Gasteiger partial charge in [0.1, 0.15) is 12.4 Å². The molecule has 1 aromatic carbocycles. The lowest BCUT2D eigenvalue weighted by Crippen LogP contribution is -2.02. The number of aryl methyl sites for hydroxylation is 2. The highest BCUT2D eigenvalue weighted by Gasteiger charge is 2.20. The number of hydrogen-bond acceptors (Lipinski definition) is 3. The van der Waals surface area contributed by atoms with E-state index in [2.05, 4.69) is 18.7 Å². The first-order valence-corrected chi connectivity index (χ1v) is 7.51. The minimum absolute atomic E-state index is 0.150. The van der Waals surface area contributed by atoms with E-state index in [9.17, 15) is 4.79 Å². The van der Waals surface area contributed by atoms with Crippen LogP contribution in [0.4, 0.5) is 0 Å². The molecule has 1 aliphatic rings. The molecule has 2 aromatic rings. The maximum atomic E-state index is 11.5. The van der Waals surface area contributed by atoms with E-state index in [0.717, 1.165) is 23.5 Å². The molecule has 0 atom stereocenters. The highest BCUT2D eigenvalue weighted by Crippen LogP contribution is 2.40. The summed E-state index contributed by atoms with van der Waals surface area (Å²) in [5.74, 6) is 1.03. The zero-order valence-corrected chi connectivity index (χ0v) is 12.3. The van der Waals surface area contributed by atoms with Crippen molar-refractivity contribution in [3.63, 3.8) is 0 Å². The third-order valence-electron chi connectivity index (χ3n) is 3.51. The molecule has 0 N–H and O–H groups in total. The Bertz CT molecular complexity index is 682. The number of Topliss-reactive ketones (excluding diaryl/α,β-unsaturated/α-hetero) is 1. The fourth-order valence-corrected chi connectivity index (χ4v) is 3.69. The van der Waals surface area contributed by atoms with Gasteiger partial charge in [0, 0.05) is 4.88 Å². The van der Waals surface area contributed by atoms with Crippen molar-refractivity contribution in [2.75, 3.05) is 6.61 Å². The van der Waals surface area contributed by atoms with E-state index in [0.29, 0.717) is 6.61 Å². The number of fused-ring (bicyclic) bond motifs is 3. The van der Waals surface area contributed by atoms with Gasteiger partial charge in [-0.1, -0.05) is 12.7 Å². The summed E-state index contributed by atoms with van der Waals surface area (Å²) in [6.45, 7) is 5.81. The molecule has 1 aliphatic carbocycles. The lowest BCUT2D eigenvalue weighted by atomic mass is 9.91. The Morgan fingerprint density at radius 1 is 1.35 bits per heavy atom. The maximum absolute atomic E-state index is 11.5. The normalized spacial score (nSPS) is 12.4. The Labute approximate surface area is 122 Å². The molecule has 0 fully saturated rings. The highest BCUT2D eigenvalue weighted by molar-refractivity contribution is 7.17. The van der Waals surface area contributed by atoms with Crippen molar-refractivity contribution < 1.29 is 9.53 Å². The lowest BCUT2D eigenvalue weighted by molar-refractivity contribution is 0.102. The van der Waals surface area contributed by atoms with E-state index >= 15 is 0 Å². The van der Waals surface area contributed by atoms with Crippen molar-refractivity contribution in [2.24, 2.45) is 0 Å². The van der Waals surface area contributed by atoms with Crippen LogP contribution in [0.5, 0.6) is 5.75 Å². The van der Waals surface area contributed by atoms with Crippen molar-refractivity contribution in [3.05, 3.63) is 52.9 Å². The van der Waals surface area contributed by atoms with Crippen molar-refractivity contribution in [3.8, 4) is 16.2 Å². The smallest absolute Gasteiger partial charge is 0.169 e. The van der Waals surface area contributed by atoms with Crippen LogP contribution in [-0.4, -0.2) is 12.4 Å². The summed E-state index contributed by atoms with van der Waals surface area (Å²) in [4.78, 5) is 13.6. The van der Waals surface area contributed by atoms with Crippen LogP contribution in [0.15, 0.2) is 36.9 Å². The second-order valence-corrected chi connectivity index (χ2v) is 5.99. The van der Waals surface area contributed by atoms with Crippen molar-refractivity contribution in [1.29, 1.82) is 0 Å². The summed E-state index contributed by atoms with van der Waals surface area (Å²) in [7, 11) is 0. The van der Waals surface area contributed by atoms with E-state index in [1.54, 1.807) is 24.3 Å². The van der Waals surface area contributed by atoms with Crippen LogP contribution in [0.1, 0.15) is 27.7 Å². The molecule has 1 aromatic heterocycles. The second kappa shape index (κ2) is 5.25. The van der Waals surface area contributed by atoms with Crippen LogP contribution >= 0.6 is 11.3 Å². The summed E-state index contributed by atoms with van der Waals surface area (Å²) < 4.78 is 5.58. The Hall–Kier alpha value is -1.87. The number of carbonyl (C=O) groups excluding carboxylic acids is 1. The van der Waals surface area contributed by atoms with Gasteiger partial charge in [0.05, 0.1) is 4.88 Å². The quantitative estimate of drug-likeness (QED) is 0.618. The molecular weight excluding hydrogens is 268 g/mol. The molecule has 3 rings (SSSR count). The van der Waals surface area contributed by atoms with Crippen LogP contribution in [-0.2, 0) is 12.8 Å². The molecule has 0 radical (unpaired) electrons. The van der Waals surface area contributed by atoms with Gasteiger partial charge >= 0.3 is 0 Å². The number of hydrogen-bond donors (Lipinski definition) is 0. The topological polar surface area (TPSA) is 26.3 Å². The van der Waals surface area contributed by atoms with Crippen LogP contribution < -0.4 is 4.74 Å². The molecule has 2 nitrogen and oxygen atoms in total. The highest BCUT2D eigenvalue weighted by atomic mass is 32.1. The van der Waals surface area contributed by atoms with E-state index in [1.807, 2.05) is 12.1 Å². The molecule has 0 saturated carbocycles. The number of thiophene rings is 1. The van der Waals surface area contributed by atoms with E-state index in [4.69, 9.17) is 4.74 Å². The molecule has 0 amide bonds. The Morgan fingerprint density at radius 2 is 2.15 bits per heavy atom. The lowest BCUT2D eigenvalue weighted by Gasteiger charge is -2.17. The Balaban J connectivity index is 1.99. The first-order valence-electron chi connectivity index (χ1n) is 6.69. The molecule has 102 valence electrons. The van der Waals surface area contributed by atoms with Crippen molar-refractivity contribution in [2.45, 2.75) is 19.8 Å². The van der Waals surface area contributed by atoms with Crippen LogP contribution in [0.25, 0.3) is 10.4 Å². The number of carbonyl (C=O) groups is 1. The number of benzene rings is 1. The maximum Gasteiger partial charge on any atom is 0.169 e. The van der Waals surface area contributed by atoms with E-state index in [1.165, 1.54) is 21.6 Å².